The smallest absolute Gasteiger partial charge is 0.189 e. The van der Waals surface area contributed by atoms with Gasteiger partial charge in [-0.05, 0) is 77.3 Å². The molecule has 1 unspecified atom stereocenters. The van der Waals surface area contributed by atoms with Crippen LogP contribution in [-0.4, -0.2) is 0 Å². The molecule has 198 valence electrons. The highest BCUT2D eigenvalue weighted by Crippen LogP contribution is 2.48. The van der Waals surface area contributed by atoms with Gasteiger partial charge in [0.2, 0.25) is 11.2 Å². The zero-order chi connectivity index (χ0) is 27.4. The first kappa shape index (κ1) is 25.0. The first-order valence-corrected chi connectivity index (χ1v) is 15.0. The minimum atomic E-state index is 0.175. The van der Waals surface area contributed by atoms with Gasteiger partial charge in [0.15, 0.2) is 6.04 Å². The number of hydrogen-bond donors (Lipinski definition) is 0. The predicted molar refractivity (Wildman–Crippen MR) is 171 cm³/mol. The van der Waals surface area contributed by atoms with E-state index in [-0.39, 0.29) is 5.41 Å². The van der Waals surface area contributed by atoms with Crippen molar-refractivity contribution in [1.29, 1.82) is 0 Å². The van der Waals surface area contributed by atoms with Gasteiger partial charge in [-0.15, -0.1) is 0 Å². The highest BCUT2D eigenvalue weighted by atomic mass is 15.0. The van der Waals surface area contributed by atoms with Gasteiger partial charge in [0.25, 0.3) is 0 Å². The SMILES string of the molecule is CCC1(CC)CCC(C)[n+]2c(cc(-c3ccc(C)cc3)c3c4ccccc4ccc32)-c2c1ccc1ccccc21. The number of aryl methyl sites for hydroxylation is 1. The molecule has 1 aromatic heterocycles. The van der Waals surface area contributed by atoms with Gasteiger partial charge in [-0.2, -0.15) is 4.57 Å². The lowest BCUT2D eigenvalue weighted by Crippen LogP contribution is -2.44. The van der Waals surface area contributed by atoms with E-state index in [1.54, 1.807) is 0 Å². The summed E-state index contributed by atoms with van der Waals surface area (Å²) in [5.41, 5.74) is 9.70. The summed E-state index contributed by atoms with van der Waals surface area (Å²) in [6.07, 6.45) is 4.68. The summed E-state index contributed by atoms with van der Waals surface area (Å²) >= 11 is 0. The normalized spacial score (nSPS) is 16.4. The van der Waals surface area contributed by atoms with Crippen LogP contribution in [0.25, 0.3) is 54.8 Å². The van der Waals surface area contributed by atoms with E-state index in [4.69, 9.17) is 0 Å². The van der Waals surface area contributed by atoms with Gasteiger partial charge in [-0.25, -0.2) is 0 Å². The van der Waals surface area contributed by atoms with E-state index in [1.165, 1.54) is 72.4 Å². The molecule has 1 aliphatic heterocycles. The van der Waals surface area contributed by atoms with Crippen molar-refractivity contribution < 1.29 is 4.57 Å². The maximum atomic E-state index is 2.68. The van der Waals surface area contributed by atoms with Gasteiger partial charge >= 0.3 is 0 Å². The predicted octanol–water partition coefficient (Wildman–Crippen LogP) is 10.5. The second kappa shape index (κ2) is 9.59. The molecule has 0 amide bonds. The molecule has 5 aromatic carbocycles. The first-order valence-electron chi connectivity index (χ1n) is 15.0. The van der Waals surface area contributed by atoms with Crippen molar-refractivity contribution in [3.63, 3.8) is 0 Å². The number of hydrogen-bond acceptors (Lipinski definition) is 0. The molecular weight excluding hydrogens is 482 g/mol. The Balaban J connectivity index is 1.71. The Morgan fingerprint density at radius 1 is 0.750 bits per heavy atom. The maximum absolute atomic E-state index is 2.68. The zero-order valence-corrected chi connectivity index (χ0v) is 24.2. The Bertz CT molecular complexity index is 1890. The number of aromatic nitrogens is 1. The first-order chi connectivity index (χ1) is 19.5. The summed E-state index contributed by atoms with van der Waals surface area (Å²) in [5.74, 6) is 0. The molecule has 40 heavy (non-hydrogen) atoms. The van der Waals surface area contributed by atoms with Crippen LogP contribution in [-0.2, 0) is 5.41 Å². The van der Waals surface area contributed by atoms with Gasteiger partial charge in [-0.3, -0.25) is 0 Å². The highest BCUT2D eigenvalue weighted by molar-refractivity contribution is 6.13. The zero-order valence-electron chi connectivity index (χ0n) is 24.2. The topological polar surface area (TPSA) is 3.88 Å². The van der Waals surface area contributed by atoms with E-state index in [2.05, 4.69) is 135 Å². The van der Waals surface area contributed by atoms with Crippen molar-refractivity contribution in [3.8, 4) is 22.4 Å². The maximum Gasteiger partial charge on any atom is 0.214 e. The van der Waals surface area contributed by atoms with E-state index in [0.29, 0.717) is 6.04 Å². The lowest BCUT2D eigenvalue weighted by Gasteiger charge is -2.37. The average Bonchev–Trinajstić information content (AvgIpc) is 3.00. The Morgan fingerprint density at radius 3 is 2.12 bits per heavy atom. The monoisotopic (exact) mass is 520 g/mol. The Labute approximate surface area is 238 Å². The fourth-order valence-corrected chi connectivity index (χ4v) is 7.50. The standard InChI is InChI=1S/C39H38N/c1-5-39(6-2)24-23-27(4)40-35-22-20-29-12-7-9-13-31(29)37(35)33(30-17-15-26(3)16-18-30)25-36(40)38-32-14-10-8-11-28(32)19-21-34(38)39/h7-22,25,27H,5-6,23-24H2,1-4H3/q+1. The van der Waals surface area contributed by atoms with Crippen LogP contribution in [0.2, 0.25) is 0 Å². The van der Waals surface area contributed by atoms with Crippen molar-refractivity contribution in [3.05, 3.63) is 114 Å². The van der Waals surface area contributed by atoms with Crippen LogP contribution in [0.15, 0.2) is 103 Å². The molecule has 1 atom stereocenters. The number of fused-ring (bicyclic) bond motifs is 9. The van der Waals surface area contributed by atoms with Crippen molar-refractivity contribution in [1.82, 2.24) is 0 Å². The summed E-state index contributed by atoms with van der Waals surface area (Å²) in [6, 6.07) is 39.5. The van der Waals surface area contributed by atoms with Gasteiger partial charge in [-0.1, -0.05) is 104 Å². The molecule has 0 N–H and O–H groups in total. The molecule has 1 heteroatoms. The van der Waals surface area contributed by atoms with Crippen molar-refractivity contribution in [2.75, 3.05) is 0 Å². The van der Waals surface area contributed by atoms with Crippen LogP contribution in [0.1, 0.15) is 63.6 Å². The number of rotatable bonds is 3. The molecule has 0 saturated heterocycles. The summed E-state index contributed by atoms with van der Waals surface area (Å²) < 4.78 is 2.68. The van der Waals surface area contributed by atoms with E-state index in [1.807, 2.05) is 0 Å². The summed E-state index contributed by atoms with van der Waals surface area (Å²) in [5, 5.41) is 6.66. The van der Waals surface area contributed by atoms with Gasteiger partial charge < -0.3 is 0 Å². The van der Waals surface area contributed by atoms with E-state index >= 15 is 0 Å². The molecule has 0 radical (unpaired) electrons. The van der Waals surface area contributed by atoms with E-state index < -0.39 is 0 Å². The van der Waals surface area contributed by atoms with Gasteiger partial charge in [0, 0.05) is 24.1 Å². The van der Waals surface area contributed by atoms with Crippen LogP contribution in [0.3, 0.4) is 0 Å². The fraction of sp³-hybridized carbons (Fsp3) is 0.256. The van der Waals surface area contributed by atoms with Crippen LogP contribution in [0, 0.1) is 6.92 Å². The Kier molecular flexibility index (Phi) is 6.00. The third-order valence-electron chi connectivity index (χ3n) is 9.93. The molecule has 0 bridgehead atoms. The van der Waals surface area contributed by atoms with E-state index in [9.17, 15) is 0 Å². The Hall–Kier alpha value is -3.97. The quantitative estimate of drug-likeness (QED) is 0.161. The molecule has 1 nitrogen and oxygen atoms in total. The third-order valence-corrected chi connectivity index (χ3v) is 9.93. The summed E-state index contributed by atoms with van der Waals surface area (Å²) in [6.45, 7) is 9.41. The van der Waals surface area contributed by atoms with Gasteiger partial charge in [0.1, 0.15) is 0 Å². The molecule has 1 aliphatic rings. The minimum Gasteiger partial charge on any atom is -0.189 e. The van der Waals surface area contributed by atoms with Crippen molar-refractivity contribution in [2.24, 2.45) is 0 Å². The lowest BCUT2D eigenvalue weighted by molar-refractivity contribution is -0.685. The second-order valence-corrected chi connectivity index (χ2v) is 11.9. The highest BCUT2D eigenvalue weighted by Gasteiger charge is 2.39. The number of benzene rings is 5. The number of nitrogens with zero attached hydrogens (tertiary/aromatic N) is 1. The van der Waals surface area contributed by atoms with Gasteiger partial charge in [0.05, 0.1) is 10.9 Å². The van der Waals surface area contributed by atoms with Crippen LogP contribution < -0.4 is 4.57 Å². The average molecular weight is 521 g/mol. The molecule has 2 heterocycles. The summed E-state index contributed by atoms with van der Waals surface area (Å²) in [7, 11) is 0. The molecular formula is C39H38N+. The molecule has 6 aromatic rings. The van der Waals surface area contributed by atoms with Crippen LogP contribution in [0.4, 0.5) is 0 Å². The van der Waals surface area contributed by atoms with Crippen molar-refractivity contribution >= 4 is 32.4 Å². The van der Waals surface area contributed by atoms with E-state index in [0.717, 1.165) is 19.3 Å². The van der Waals surface area contributed by atoms with Crippen LogP contribution >= 0.6 is 0 Å². The largest absolute Gasteiger partial charge is 0.214 e. The summed E-state index contributed by atoms with van der Waals surface area (Å²) in [4.78, 5) is 0. The molecule has 7 rings (SSSR count). The van der Waals surface area contributed by atoms with Crippen LogP contribution in [0.5, 0.6) is 0 Å². The fourth-order valence-electron chi connectivity index (χ4n) is 7.50. The molecule has 0 fully saturated rings. The Morgan fingerprint density at radius 2 is 1.40 bits per heavy atom. The second-order valence-electron chi connectivity index (χ2n) is 11.9. The molecule has 0 saturated carbocycles. The third kappa shape index (κ3) is 3.71. The number of pyridine rings is 1. The molecule has 0 spiro atoms. The molecule has 0 aliphatic carbocycles. The van der Waals surface area contributed by atoms with Crippen molar-refractivity contribution in [2.45, 2.75) is 64.8 Å². The minimum absolute atomic E-state index is 0.175. The lowest BCUT2D eigenvalue weighted by atomic mass is 9.68.